The highest BCUT2D eigenvalue weighted by molar-refractivity contribution is 6.01. The van der Waals surface area contributed by atoms with Crippen LogP contribution >= 0.6 is 0 Å². The van der Waals surface area contributed by atoms with Crippen LogP contribution in [-0.4, -0.2) is 39.0 Å². The summed E-state index contributed by atoms with van der Waals surface area (Å²) in [7, 11) is 1.67. The molecule has 8 heteroatoms. The predicted octanol–water partition coefficient (Wildman–Crippen LogP) is 3.12. The first-order valence-corrected chi connectivity index (χ1v) is 9.97. The van der Waals surface area contributed by atoms with Gasteiger partial charge in [0.25, 0.3) is 5.91 Å². The van der Waals surface area contributed by atoms with E-state index in [0.717, 1.165) is 22.5 Å². The Hall–Kier alpha value is -3.70. The number of rotatable bonds is 8. The number of pyridine rings is 1. The molecule has 8 nitrogen and oxygen atoms in total. The third-order valence-electron chi connectivity index (χ3n) is 5.04. The normalized spacial score (nSPS) is 12.4. The average molecular weight is 419 g/mol. The quantitative estimate of drug-likeness (QED) is 0.448. The van der Waals surface area contributed by atoms with Gasteiger partial charge in [-0.15, -0.1) is 0 Å². The number of carbonyl (C=O) groups excluding carboxylic acids is 1. The highest BCUT2D eigenvalue weighted by Gasteiger charge is 2.16. The summed E-state index contributed by atoms with van der Waals surface area (Å²) < 4.78 is 9.06. The summed E-state index contributed by atoms with van der Waals surface area (Å²) in [4.78, 5) is 16.9. The summed E-state index contributed by atoms with van der Waals surface area (Å²) in [5.74, 6) is 0.236. The fourth-order valence-electron chi connectivity index (χ4n) is 3.62. The molecule has 1 unspecified atom stereocenters. The third kappa shape index (κ3) is 5.08. The van der Waals surface area contributed by atoms with Crippen LogP contribution in [0, 0.1) is 25.2 Å². The monoisotopic (exact) mass is 418 g/mol. The summed E-state index contributed by atoms with van der Waals surface area (Å²) in [5, 5.41) is 16.5. The Morgan fingerprint density at radius 3 is 2.84 bits per heavy atom. The molecule has 0 bridgehead atoms. The number of aryl methyl sites for hydroxylation is 1. The molecule has 3 rings (SSSR count). The molecule has 0 saturated heterocycles. The van der Waals surface area contributed by atoms with Gasteiger partial charge >= 0.3 is 0 Å². The molecular weight excluding hydrogens is 392 g/mol. The second-order valence-electron chi connectivity index (χ2n) is 7.33. The van der Waals surface area contributed by atoms with Crippen molar-refractivity contribution in [1.82, 2.24) is 24.6 Å². The first-order valence-electron chi connectivity index (χ1n) is 9.97. The van der Waals surface area contributed by atoms with Crippen LogP contribution in [0.15, 0.2) is 48.4 Å². The van der Waals surface area contributed by atoms with Gasteiger partial charge in [-0.3, -0.25) is 4.79 Å². The molecule has 160 valence electrons. The molecule has 0 aromatic carbocycles. The summed E-state index contributed by atoms with van der Waals surface area (Å²) in [5.41, 5.74) is 3.80. The number of ether oxygens (including phenoxy) is 1. The first kappa shape index (κ1) is 22.0. The molecular formula is C23H26N6O2. The van der Waals surface area contributed by atoms with E-state index >= 15 is 0 Å². The number of hydrogen-bond donors (Lipinski definition) is 1. The fourth-order valence-corrected chi connectivity index (χ4v) is 3.62. The smallest absolute Gasteiger partial charge is 0.262 e. The van der Waals surface area contributed by atoms with Crippen LogP contribution in [-0.2, 0) is 16.1 Å². The molecule has 3 aromatic heterocycles. The minimum absolute atomic E-state index is 0.0565. The van der Waals surface area contributed by atoms with E-state index < -0.39 is 5.91 Å². The van der Waals surface area contributed by atoms with Gasteiger partial charge in [-0.25, -0.2) is 9.67 Å². The summed E-state index contributed by atoms with van der Waals surface area (Å²) in [6.45, 7) is 6.91. The lowest BCUT2D eigenvalue weighted by Crippen LogP contribution is -2.24. The predicted molar refractivity (Wildman–Crippen MR) is 117 cm³/mol. The van der Waals surface area contributed by atoms with Crippen LogP contribution in [0.4, 0.5) is 0 Å². The fraction of sp³-hybridized carbons (Fsp3) is 0.304. The van der Waals surface area contributed by atoms with Gasteiger partial charge in [0.1, 0.15) is 11.6 Å². The van der Waals surface area contributed by atoms with Crippen LogP contribution in [0.25, 0.3) is 11.9 Å². The Kier molecular flexibility index (Phi) is 7.00. The molecule has 1 atom stereocenters. The van der Waals surface area contributed by atoms with Gasteiger partial charge in [0, 0.05) is 43.6 Å². The lowest BCUT2D eigenvalue weighted by molar-refractivity contribution is -0.117. The van der Waals surface area contributed by atoms with Crippen molar-refractivity contribution in [3.63, 3.8) is 0 Å². The van der Waals surface area contributed by atoms with E-state index in [-0.39, 0.29) is 18.2 Å². The molecule has 0 radical (unpaired) electrons. The number of nitrogens with one attached hydrogen (secondary N) is 1. The van der Waals surface area contributed by atoms with E-state index in [2.05, 4.69) is 26.9 Å². The van der Waals surface area contributed by atoms with Crippen molar-refractivity contribution in [3.05, 3.63) is 70.9 Å². The summed E-state index contributed by atoms with van der Waals surface area (Å²) >= 11 is 0. The minimum atomic E-state index is -0.422. The Labute approximate surface area is 181 Å². The molecule has 31 heavy (non-hydrogen) atoms. The van der Waals surface area contributed by atoms with E-state index in [1.54, 1.807) is 36.5 Å². The van der Waals surface area contributed by atoms with E-state index in [9.17, 15) is 10.1 Å². The molecule has 0 aliphatic rings. The Balaban J connectivity index is 1.74. The minimum Gasteiger partial charge on any atom is -0.383 e. The number of nitrogens with zero attached hydrogens (tertiary/aromatic N) is 5. The van der Waals surface area contributed by atoms with Crippen molar-refractivity contribution in [3.8, 4) is 11.9 Å². The molecule has 0 spiro atoms. The van der Waals surface area contributed by atoms with Gasteiger partial charge in [-0.2, -0.15) is 10.4 Å². The second kappa shape index (κ2) is 9.87. The maximum atomic E-state index is 12.6. The van der Waals surface area contributed by atoms with E-state index in [1.807, 2.05) is 44.2 Å². The molecule has 0 aliphatic heterocycles. The average Bonchev–Trinajstić information content (AvgIpc) is 3.39. The molecule has 3 heterocycles. The van der Waals surface area contributed by atoms with Crippen molar-refractivity contribution in [1.29, 1.82) is 5.26 Å². The van der Waals surface area contributed by atoms with Crippen molar-refractivity contribution in [2.45, 2.75) is 33.4 Å². The van der Waals surface area contributed by atoms with Gasteiger partial charge in [0.2, 0.25) is 0 Å². The second-order valence-corrected chi connectivity index (χ2v) is 7.33. The van der Waals surface area contributed by atoms with Gasteiger partial charge in [-0.05, 0) is 62.2 Å². The number of carbonyl (C=O) groups is 1. The van der Waals surface area contributed by atoms with E-state index in [0.29, 0.717) is 12.4 Å². The lowest BCUT2D eigenvalue weighted by atomic mass is 10.1. The van der Waals surface area contributed by atoms with Crippen molar-refractivity contribution >= 4 is 12.0 Å². The van der Waals surface area contributed by atoms with Crippen LogP contribution < -0.4 is 5.32 Å². The summed E-state index contributed by atoms with van der Waals surface area (Å²) in [6, 6.07) is 9.62. The zero-order valence-electron chi connectivity index (χ0n) is 18.2. The van der Waals surface area contributed by atoms with Gasteiger partial charge in [0.05, 0.1) is 12.6 Å². The number of hydrogen-bond acceptors (Lipinski definition) is 5. The highest BCUT2D eigenvalue weighted by Crippen LogP contribution is 2.23. The van der Waals surface area contributed by atoms with Gasteiger partial charge in [-0.1, -0.05) is 0 Å². The van der Waals surface area contributed by atoms with Crippen LogP contribution in [0.5, 0.6) is 0 Å². The lowest BCUT2D eigenvalue weighted by Gasteiger charge is -2.17. The Bertz CT molecular complexity index is 1120. The topological polar surface area (TPSA) is 97.8 Å². The molecule has 0 fully saturated rings. The van der Waals surface area contributed by atoms with Crippen LogP contribution in [0.3, 0.4) is 0 Å². The number of methoxy groups -OCH3 is 1. The first-order chi connectivity index (χ1) is 14.9. The van der Waals surface area contributed by atoms with Crippen molar-refractivity contribution < 1.29 is 9.53 Å². The van der Waals surface area contributed by atoms with Crippen LogP contribution in [0.2, 0.25) is 0 Å². The highest BCUT2D eigenvalue weighted by atomic mass is 16.5. The molecule has 1 amide bonds. The van der Waals surface area contributed by atoms with E-state index in [4.69, 9.17) is 4.74 Å². The number of aromatic nitrogens is 4. The van der Waals surface area contributed by atoms with E-state index in [1.165, 1.54) is 0 Å². The Morgan fingerprint density at radius 1 is 1.35 bits per heavy atom. The SMILES string of the molecule is COCC(C)n1c(C)cc(/C=C(\C#N)C(=O)NCc2ccnc(-n3cccn3)c2)c1C. The zero-order valence-corrected chi connectivity index (χ0v) is 18.2. The maximum absolute atomic E-state index is 12.6. The number of amides is 1. The molecule has 1 N–H and O–H groups in total. The largest absolute Gasteiger partial charge is 0.383 e. The maximum Gasteiger partial charge on any atom is 0.262 e. The number of nitriles is 1. The van der Waals surface area contributed by atoms with Crippen molar-refractivity contribution in [2.24, 2.45) is 0 Å². The standard InChI is InChI=1S/C23H26N6O2/c1-16-10-20(18(3)29(16)17(2)15-31-4)12-21(13-24)23(30)26-14-19-6-8-25-22(11-19)28-9-5-7-27-28/h5-12,17H,14-15H2,1-4H3,(H,26,30)/b21-12+. The zero-order chi connectivity index (χ0) is 22.4. The van der Waals surface area contributed by atoms with Gasteiger partial charge in [0.15, 0.2) is 5.82 Å². The van der Waals surface area contributed by atoms with Crippen LogP contribution in [0.1, 0.15) is 35.5 Å². The van der Waals surface area contributed by atoms with Crippen molar-refractivity contribution in [2.75, 3.05) is 13.7 Å². The third-order valence-corrected chi connectivity index (χ3v) is 5.04. The summed E-state index contributed by atoms with van der Waals surface area (Å²) in [6.07, 6.45) is 6.77. The molecule has 3 aromatic rings. The van der Waals surface area contributed by atoms with Gasteiger partial charge < -0.3 is 14.6 Å². The Morgan fingerprint density at radius 2 is 2.16 bits per heavy atom. The molecule has 0 aliphatic carbocycles. The molecule has 0 saturated carbocycles.